The summed E-state index contributed by atoms with van der Waals surface area (Å²) in [6, 6.07) is 13.0. The molecule has 0 atom stereocenters. The van der Waals surface area contributed by atoms with Gasteiger partial charge in [-0.05, 0) is 42.8 Å². The normalized spacial score (nSPS) is 15.8. The number of ether oxygens (including phenoxy) is 1. The molecule has 0 unspecified atom stereocenters. The van der Waals surface area contributed by atoms with Crippen LogP contribution < -0.4 is 9.64 Å². The van der Waals surface area contributed by atoms with Crippen molar-refractivity contribution in [3.8, 4) is 5.75 Å². The maximum absolute atomic E-state index is 12.2. The Labute approximate surface area is 160 Å². The molecular weight excluding hydrogens is 364 g/mol. The molecule has 0 bridgehead atoms. The average Bonchev–Trinajstić information content (AvgIpc) is 3.24. The minimum absolute atomic E-state index is 0.0817. The molecule has 2 aromatic carbocycles. The van der Waals surface area contributed by atoms with Gasteiger partial charge in [0.25, 0.3) is 11.8 Å². The van der Waals surface area contributed by atoms with Gasteiger partial charge in [-0.25, -0.2) is 4.79 Å². The van der Waals surface area contributed by atoms with E-state index in [1.807, 2.05) is 0 Å². The van der Waals surface area contributed by atoms with Gasteiger partial charge in [0, 0.05) is 18.7 Å². The average molecular weight is 380 g/mol. The van der Waals surface area contributed by atoms with Gasteiger partial charge in [0.2, 0.25) is 5.91 Å². The maximum atomic E-state index is 12.2. The summed E-state index contributed by atoms with van der Waals surface area (Å²) in [5, 5.41) is 0.443. The van der Waals surface area contributed by atoms with Gasteiger partial charge in [0.05, 0.1) is 11.1 Å². The fraction of sp³-hybridized carbons (Fsp3) is 0.200. The molecule has 1 saturated heterocycles. The summed E-state index contributed by atoms with van der Waals surface area (Å²) in [5.41, 5.74) is 1.14. The summed E-state index contributed by atoms with van der Waals surface area (Å²) in [6.45, 7) is 0.209. The molecule has 2 aliphatic heterocycles. The van der Waals surface area contributed by atoms with Crippen LogP contribution in [0.15, 0.2) is 48.5 Å². The van der Waals surface area contributed by atoms with E-state index in [0.29, 0.717) is 23.8 Å². The number of imide groups is 1. The zero-order valence-electron chi connectivity index (χ0n) is 14.8. The van der Waals surface area contributed by atoms with Crippen molar-refractivity contribution in [2.45, 2.75) is 12.8 Å². The van der Waals surface area contributed by atoms with E-state index in [1.165, 1.54) is 12.1 Å². The van der Waals surface area contributed by atoms with Crippen LogP contribution >= 0.6 is 0 Å². The van der Waals surface area contributed by atoms with Crippen molar-refractivity contribution in [3.05, 3.63) is 59.7 Å². The lowest BCUT2D eigenvalue weighted by atomic mass is 10.1. The summed E-state index contributed by atoms with van der Waals surface area (Å²) >= 11 is 0. The van der Waals surface area contributed by atoms with Crippen LogP contribution in [0.3, 0.4) is 0 Å². The Morgan fingerprint density at radius 3 is 2.14 bits per heavy atom. The van der Waals surface area contributed by atoms with Gasteiger partial charge in [-0.2, -0.15) is 0 Å². The smallest absolute Gasteiger partial charge is 0.370 e. The molecule has 28 heavy (non-hydrogen) atoms. The zero-order valence-corrected chi connectivity index (χ0v) is 14.8. The first kappa shape index (κ1) is 17.7. The van der Waals surface area contributed by atoms with Crippen LogP contribution in [0.5, 0.6) is 5.75 Å². The molecule has 3 amide bonds. The van der Waals surface area contributed by atoms with Crippen LogP contribution in [0.25, 0.3) is 0 Å². The fourth-order valence-corrected chi connectivity index (χ4v) is 3.16. The predicted octanol–water partition coefficient (Wildman–Crippen LogP) is 1.95. The van der Waals surface area contributed by atoms with Gasteiger partial charge in [-0.3, -0.25) is 14.4 Å². The number of benzene rings is 2. The van der Waals surface area contributed by atoms with Gasteiger partial charge >= 0.3 is 5.97 Å². The number of hydroxylamine groups is 2. The summed E-state index contributed by atoms with van der Waals surface area (Å²) < 4.78 is 5.34. The molecule has 0 saturated carbocycles. The highest BCUT2D eigenvalue weighted by Crippen LogP contribution is 2.25. The van der Waals surface area contributed by atoms with Crippen molar-refractivity contribution >= 4 is 29.4 Å². The van der Waals surface area contributed by atoms with Crippen LogP contribution in [0.1, 0.15) is 33.6 Å². The zero-order chi connectivity index (χ0) is 19.7. The molecular formula is C20H16N2O6. The maximum Gasteiger partial charge on any atom is 0.370 e. The molecule has 0 aromatic heterocycles. The number of hydrogen-bond donors (Lipinski definition) is 0. The van der Waals surface area contributed by atoms with Gasteiger partial charge in [-0.1, -0.05) is 17.2 Å². The molecule has 1 fully saturated rings. The van der Waals surface area contributed by atoms with Gasteiger partial charge in [0.1, 0.15) is 5.75 Å². The standard InChI is InChI=1S/C20H16N2O6/c23-17-6-3-11-21(17)13-7-9-14(10-8-13)27-12-18(24)28-22-19(25)15-4-1-2-5-16(15)20(22)26/h1-2,4-5,7-10H,3,6,11-12H2. The molecule has 0 aliphatic carbocycles. The third-order valence-electron chi connectivity index (χ3n) is 4.53. The van der Waals surface area contributed by atoms with Crippen molar-refractivity contribution in [1.29, 1.82) is 0 Å². The molecule has 2 heterocycles. The van der Waals surface area contributed by atoms with Crippen molar-refractivity contribution < 1.29 is 28.8 Å². The first-order chi connectivity index (χ1) is 13.5. The quantitative estimate of drug-likeness (QED) is 0.736. The number of hydrogen-bond acceptors (Lipinski definition) is 6. The lowest BCUT2D eigenvalue weighted by Crippen LogP contribution is -2.34. The first-order valence-electron chi connectivity index (χ1n) is 8.76. The largest absolute Gasteiger partial charge is 0.482 e. The highest BCUT2D eigenvalue weighted by Gasteiger charge is 2.38. The Morgan fingerprint density at radius 2 is 1.57 bits per heavy atom. The van der Waals surface area contributed by atoms with Crippen molar-refractivity contribution in [2.24, 2.45) is 0 Å². The fourth-order valence-electron chi connectivity index (χ4n) is 3.16. The van der Waals surface area contributed by atoms with E-state index in [-0.39, 0.29) is 17.0 Å². The van der Waals surface area contributed by atoms with Crippen LogP contribution in [0, 0.1) is 0 Å². The number of carbonyl (C=O) groups excluding carboxylic acids is 4. The van der Waals surface area contributed by atoms with E-state index in [9.17, 15) is 19.2 Å². The van der Waals surface area contributed by atoms with Gasteiger partial charge in [0.15, 0.2) is 6.61 Å². The Kier molecular flexibility index (Phi) is 4.52. The Balaban J connectivity index is 1.33. The van der Waals surface area contributed by atoms with Crippen LogP contribution in [-0.2, 0) is 14.4 Å². The molecule has 0 radical (unpaired) electrons. The highest BCUT2D eigenvalue weighted by atomic mass is 16.7. The number of amides is 3. The molecule has 0 spiro atoms. The van der Waals surface area contributed by atoms with Crippen molar-refractivity contribution in [2.75, 3.05) is 18.1 Å². The Bertz CT molecular complexity index is 934. The molecule has 2 aliphatic rings. The minimum Gasteiger partial charge on any atom is -0.482 e. The van der Waals surface area contributed by atoms with E-state index >= 15 is 0 Å². The van der Waals surface area contributed by atoms with E-state index in [2.05, 4.69) is 0 Å². The van der Waals surface area contributed by atoms with Gasteiger partial charge < -0.3 is 14.5 Å². The number of anilines is 1. The van der Waals surface area contributed by atoms with Crippen LogP contribution in [0.2, 0.25) is 0 Å². The van der Waals surface area contributed by atoms with E-state index < -0.39 is 24.4 Å². The second kappa shape index (κ2) is 7.15. The lowest BCUT2D eigenvalue weighted by molar-refractivity contribution is -0.170. The predicted molar refractivity (Wildman–Crippen MR) is 96.6 cm³/mol. The van der Waals surface area contributed by atoms with Crippen molar-refractivity contribution in [1.82, 2.24) is 5.06 Å². The third kappa shape index (κ3) is 3.20. The van der Waals surface area contributed by atoms with E-state index in [0.717, 1.165) is 12.1 Å². The van der Waals surface area contributed by atoms with Crippen molar-refractivity contribution in [3.63, 3.8) is 0 Å². The summed E-state index contributed by atoms with van der Waals surface area (Å²) in [4.78, 5) is 54.6. The molecule has 142 valence electrons. The minimum atomic E-state index is -0.881. The highest BCUT2D eigenvalue weighted by molar-refractivity contribution is 6.20. The molecule has 8 nitrogen and oxygen atoms in total. The lowest BCUT2D eigenvalue weighted by Gasteiger charge is -2.16. The van der Waals surface area contributed by atoms with E-state index in [1.54, 1.807) is 41.3 Å². The second-order valence-electron chi connectivity index (χ2n) is 6.35. The topological polar surface area (TPSA) is 93.2 Å². The third-order valence-corrected chi connectivity index (χ3v) is 4.53. The van der Waals surface area contributed by atoms with Crippen LogP contribution in [0.4, 0.5) is 5.69 Å². The summed E-state index contributed by atoms with van der Waals surface area (Å²) in [6.07, 6.45) is 1.38. The Hall–Kier alpha value is -3.68. The SMILES string of the molecule is O=C(COc1ccc(N2CCCC2=O)cc1)ON1C(=O)c2ccccc2C1=O. The number of nitrogens with zero attached hydrogens (tertiary/aromatic N) is 2. The van der Waals surface area contributed by atoms with Crippen LogP contribution in [-0.4, -0.2) is 41.9 Å². The summed E-state index contributed by atoms with van der Waals surface area (Å²) in [7, 11) is 0. The first-order valence-corrected chi connectivity index (χ1v) is 8.76. The number of fused-ring (bicyclic) bond motifs is 1. The second-order valence-corrected chi connectivity index (χ2v) is 6.35. The monoisotopic (exact) mass is 380 g/mol. The molecule has 8 heteroatoms. The summed E-state index contributed by atoms with van der Waals surface area (Å²) in [5.74, 6) is -1.77. The molecule has 2 aromatic rings. The molecule has 4 rings (SSSR count). The van der Waals surface area contributed by atoms with E-state index in [4.69, 9.17) is 9.57 Å². The molecule has 0 N–H and O–H groups in total. The number of rotatable bonds is 5. The van der Waals surface area contributed by atoms with Gasteiger partial charge in [-0.15, -0.1) is 0 Å². The Morgan fingerprint density at radius 1 is 0.929 bits per heavy atom. The number of carbonyl (C=O) groups is 4.